The van der Waals surface area contributed by atoms with Crippen LogP contribution in [0.1, 0.15) is 0 Å². The van der Waals surface area contributed by atoms with Crippen LogP contribution >= 0.6 is 23.2 Å². The molecule has 108 valence electrons. The fourth-order valence-corrected chi connectivity index (χ4v) is 3.14. The van der Waals surface area contributed by atoms with Gasteiger partial charge in [-0.2, -0.15) is 8.42 Å². The predicted octanol–water partition coefficient (Wildman–Crippen LogP) is 2.54. The van der Waals surface area contributed by atoms with Gasteiger partial charge in [0.05, 0.1) is 24.0 Å². The van der Waals surface area contributed by atoms with E-state index in [-0.39, 0.29) is 21.0 Å². The van der Waals surface area contributed by atoms with Crippen molar-refractivity contribution in [3.05, 3.63) is 34.7 Å². The maximum atomic E-state index is 12.3. The summed E-state index contributed by atoms with van der Waals surface area (Å²) in [4.78, 5) is 3.73. The molecule has 20 heavy (non-hydrogen) atoms. The molecule has 0 atom stereocenters. The number of nitrogens with one attached hydrogen (secondary N) is 1. The van der Waals surface area contributed by atoms with Crippen molar-refractivity contribution in [2.24, 2.45) is 7.05 Å². The zero-order valence-electron chi connectivity index (χ0n) is 10.6. The zero-order chi connectivity index (χ0) is 14.9. The molecule has 2 aromatic rings. The van der Waals surface area contributed by atoms with Gasteiger partial charge >= 0.3 is 0 Å². The van der Waals surface area contributed by atoms with Crippen LogP contribution in [-0.4, -0.2) is 25.1 Å². The van der Waals surface area contributed by atoms with Crippen molar-refractivity contribution in [3.63, 3.8) is 0 Å². The lowest BCUT2D eigenvalue weighted by molar-refractivity contribution is 0.415. The van der Waals surface area contributed by atoms with Crippen LogP contribution in [-0.2, 0) is 17.1 Å². The molecule has 0 saturated carbocycles. The van der Waals surface area contributed by atoms with Gasteiger partial charge in [0.1, 0.15) is 5.75 Å². The van der Waals surface area contributed by atoms with Crippen molar-refractivity contribution in [2.45, 2.75) is 5.03 Å². The Morgan fingerprint density at radius 3 is 2.60 bits per heavy atom. The topological polar surface area (TPSA) is 73.2 Å². The molecule has 0 saturated heterocycles. The molecule has 0 amide bonds. The van der Waals surface area contributed by atoms with Gasteiger partial charge in [0.15, 0.2) is 5.03 Å². The monoisotopic (exact) mass is 335 g/mol. The molecule has 6 nitrogen and oxygen atoms in total. The third-order valence-corrected chi connectivity index (χ3v) is 4.68. The molecule has 0 bridgehead atoms. The molecule has 0 unspecified atom stereocenters. The van der Waals surface area contributed by atoms with Crippen LogP contribution in [0.3, 0.4) is 0 Å². The van der Waals surface area contributed by atoms with Crippen LogP contribution < -0.4 is 9.46 Å². The van der Waals surface area contributed by atoms with Gasteiger partial charge in [0.2, 0.25) is 5.28 Å². The summed E-state index contributed by atoms with van der Waals surface area (Å²) in [5.41, 5.74) is 0.211. The Morgan fingerprint density at radius 2 is 2.05 bits per heavy atom. The highest BCUT2D eigenvalue weighted by Crippen LogP contribution is 2.29. The molecular weight excluding hydrogens is 325 g/mol. The number of imidazole rings is 1. The Kier molecular flexibility index (Phi) is 4.12. The molecule has 0 aliphatic carbocycles. The number of rotatable bonds is 4. The summed E-state index contributed by atoms with van der Waals surface area (Å²) in [5.74, 6) is 0.482. The second-order valence-electron chi connectivity index (χ2n) is 3.88. The molecule has 1 heterocycles. The van der Waals surface area contributed by atoms with Crippen molar-refractivity contribution in [2.75, 3.05) is 11.8 Å². The van der Waals surface area contributed by atoms with Gasteiger partial charge in [-0.25, -0.2) is 4.98 Å². The van der Waals surface area contributed by atoms with Gasteiger partial charge in [-0.15, -0.1) is 0 Å². The molecule has 1 aromatic carbocycles. The number of ether oxygens (including phenoxy) is 1. The maximum absolute atomic E-state index is 12.3. The van der Waals surface area contributed by atoms with E-state index < -0.39 is 10.0 Å². The molecule has 1 aromatic heterocycles. The van der Waals surface area contributed by atoms with Gasteiger partial charge in [-0.05, 0) is 23.7 Å². The minimum absolute atomic E-state index is 0.0682. The number of hydrogen-bond donors (Lipinski definition) is 1. The zero-order valence-corrected chi connectivity index (χ0v) is 12.9. The largest absolute Gasteiger partial charge is 0.497 e. The minimum Gasteiger partial charge on any atom is -0.497 e. The number of sulfonamides is 1. The molecule has 0 spiro atoms. The van der Waals surface area contributed by atoms with Gasteiger partial charge < -0.3 is 9.30 Å². The molecule has 0 aliphatic heterocycles. The Hall–Kier alpha value is -1.44. The Morgan fingerprint density at radius 1 is 1.35 bits per heavy atom. The standard InChI is InChI=1S/C11H11Cl2N3O3S/c1-16-10(6-14-11(16)13)20(17,18)15-9-5-7(19-2)3-4-8(9)12/h3-6,15H,1-2H3. The number of hydrogen-bond acceptors (Lipinski definition) is 4. The molecular formula is C11H11Cl2N3O3S. The number of methoxy groups -OCH3 is 1. The van der Waals surface area contributed by atoms with E-state index in [0.29, 0.717) is 5.75 Å². The van der Waals surface area contributed by atoms with E-state index in [1.807, 2.05) is 0 Å². The van der Waals surface area contributed by atoms with Crippen molar-refractivity contribution < 1.29 is 13.2 Å². The number of anilines is 1. The quantitative estimate of drug-likeness (QED) is 0.931. The highest BCUT2D eigenvalue weighted by molar-refractivity contribution is 7.92. The van der Waals surface area contributed by atoms with Gasteiger partial charge in [0.25, 0.3) is 10.0 Å². The van der Waals surface area contributed by atoms with Gasteiger partial charge in [0, 0.05) is 13.1 Å². The highest BCUT2D eigenvalue weighted by atomic mass is 35.5. The molecule has 1 N–H and O–H groups in total. The SMILES string of the molecule is COc1ccc(Cl)c(NS(=O)(=O)c2cnc(Cl)n2C)c1. The number of aromatic nitrogens is 2. The second-order valence-corrected chi connectivity index (χ2v) is 6.25. The summed E-state index contributed by atoms with van der Waals surface area (Å²) in [7, 11) is -0.873. The van der Waals surface area contributed by atoms with Crippen LogP contribution in [0.25, 0.3) is 0 Å². The number of benzene rings is 1. The van der Waals surface area contributed by atoms with Crippen molar-refractivity contribution in [1.82, 2.24) is 9.55 Å². The molecule has 9 heteroatoms. The summed E-state index contributed by atoms with van der Waals surface area (Å²) < 4.78 is 33.2. The lowest BCUT2D eigenvalue weighted by Gasteiger charge is -2.11. The third kappa shape index (κ3) is 2.84. The molecule has 2 rings (SSSR count). The van der Waals surface area contributed by atoms with E-state index in [1.165, 1.54) is 37.1 Å². The average molecular weight is 336 g/mol. The van der Waals surface area contributed by atoms with E-state index in [2.05, 4.69) is 9.71 Å². The van der Waals surface area contributed by atoms with E-state index in [4.69, 9.17) is 27.9 Å². The maximum Gasteiger partial charge on any atom is 0.279 e. The lowest BCUT2D eigenvalue weighted by Crippen LogP contribution is -2.16. The Labute approximate surface area is 126 Å². The van der Waals surface area contributed by atoms with E-state index in [0.717, 1.165) is 0 Å². The first-order valence-corrected chi connectivity index (χ1v) is 7.62. The number of halogens is 2. The predicted molar refractivity (Wildman–Crippen MR) is 77.0 cm³/mol. The van der Waals surface area contributed by atoms with Crippen LogP contribution in [0.2, 0.25) is 10.3 Å². The first kappa shape index (κ1) is 15.0. The number of nitrogens with zero attached hydrogens (tertiary/aromatic N) is 2. The normalized spacial score (nSPS) is 11.4. The lowest BCUT2D eigenvalue weighted by atomic mass is 10.3. The minimum atomic E-state index is -3.84. The van der Waals surface area contributed by atoms with Crippen LogP contribution in [0.5, 0.6) is 5.75 Å². The fraction of sp³-hybridized carbons (Fsp3) is 0.182. The first-order valence-electron chi connectivity index (χ1n) is 5.38. The van der Waals surface area contributed by atoms with Gasteiger partial charge in [-0.1, -0.05) is 11.6 Å². The smallest absolute Gasteiger partial charge is 0.279 e. The summed E-state index contributed by atoms with van der Waals surface area (Å²) >= 11 is 11.7. The van der Waals surface area contributed by atoms with Crippen molar-refractivity contribution in [3.8, 4) is 5.75 Å². The molecule has 0 aliphatic rings. The second kappa shape index (κ2) is 5.51. The van der Waals surface area contributed by atoms with Crippen LogP contribution in [0.15, 0.2) is 29.4 Å². The van der Waals surface area contributed by atoms with E-state index >= 15 is 0 Å². The highest BCUT2D eigenvalue weighted by Gasteiger charge is 2.21. The summed E-state index contributed by atoms with van der Waals surface area (Å²) in [6.07, 6.45) is 1.17. The van der Waals surface area contributed by atoms with Crippen molar-refractivity contribution in [1.29, 1.82) is 0 Å². The van der Waals surface area contributed by atoms with E-state index in [9.17, 15) is 8.42 Å². The Bertz CT molecular complexity index is 743. The fourth-order valence-electron chi connectivity index (χ4n) is 1.53. The summed E-state index contributed by atoms with van der Waals surface area (Å²) in [5, 5.41) is 0.256. The van der Waals surface area contributed by atoms with Crippen molar-refractivity contribution >= 4 is 38.9 Å². The van der Waals surface area contributed by atoms with Crippen LogP contribution in [0, 0.1) is 0 Å². The summed E-state index contributed by atoms with van der Waals surface area (Å²) in [6, 6.07) is 4.65. The summed E-state index contributed by atoms with van der Waals surface area (Å²) in [6.45, 7) is 0. The van der Waals surface area contributed by atoms with Crippen LogP contribution in [0.4, 0.5) is 5.69 Å². The average Bonchev–Trinajstić information content (AvgIpc) is 2.73. The van der Waals surface area contributed by atoms with Gasteiger partial charge in [-0.3, -0.25) is 4.72 Å². The third-order valence-electron chi connectivity index (χ3n) is 2.58. The first-order chi connectivity index (χ1) is 9.35. The molecule has 0 radical (unpaired) electrons. The molecule has 0 fully saturated rings. The van der Waals surface area contributed by atoms with E-state index in [1.54, 1.807) is 6.07 Å². The Balaban J connectivity index is 2.40.